The average Bonchev–Trinajstić information content (AvgIpc) is 2.26. The van der Waals surface area contributed by atoms with Crippen molar-refractivity contribution in [1.82, 2.24) is 4.90 Å². The molecule has 1 fully saturated rings. The van der Waals surface area contributed by atoms with Crippen molar-refractivity contribution in [2.45, 2.75) is 51.3 Å². The van der Waals surface area contributed by atoms with Gasteiger partial charge in [0.25, 0.3) is 0 Å². The van der Waals surface area contributed by atoms with Gasteiger partial charge in [0.2, 0.25) is 0 Å². The summed E-state index contributed by atoms with van der Waals surface area (Å²) in [5, 5.41) is 0. The minimum Gasteiger partial charge on any atom is -0.491 e. The minimum absolute atomic E-state index is 0.0821. The van der Waals surface area contributed by atoms with Crippen LogP contribution in [0.15, 0.2) is 24.3 Å². The molecule has 2 rings (SSSR count). The summed E-state index contributed by atoms with van der Waals surface area (Å²) in [4.78, 5) is 2.40. The Kier molecular flexibility index (Phi) is 4.83. The largest absolute Gasteiger partial charge is 0.491 e. The second-order valence-electron chi connectivity index (χ2n) is 5.87. The van der Waals surface area contributed by atoms with E-state index in [1.165, 1.54) is 24.8 Å². The normalized spacial score (nSPS) is 17.6. The molecule has 1 atom stereocenters. The summed E-state index contributed by atoms with van der Waals surface area (Å²) >= 11 is 0. The van der Waals surface area contributed by atoms with Crippen LogP contribution in [0, 0.1) is 0 Å². The molecule has 3 heteroatoms. The number of nitrogens with zero attached hydrogens (tertiary/aromatic N) is 1. The molecule has 0 aromatic heterocycles. The molecule has 1 aromatic rings. The molecule has 19 heavy (non-hydrogen) atoms. The highest BCUT2D eigenvalue weighted by Crippen LogP contribution is 2.25. The molecule has 0 aliphatic heterocycles. The van der Waals surface area contributed by atoms with Crippen molar-refractivity contribution in [3.05, 3.63) is 29.8 Å². The van der Waals surface area contributed by atoms with Crippen LogP contribution in [0.5, 0.6) is 5.75 Å². The van der Waals surface area contributed by atoms with E-state index in [4.69, 9.17) is 10.5 Å². The number of benzene rings is 1. The summed E-state index contributed by atoms with van der Waals surface area (Å²) in [6.07, 6.45) is 4.23. The zero-order chi connectivity index (χ0) is 13.8. The molecule has 1 aromatic carbocycles. The molecule has 0 radical (unpaired) electrons. The Hall–Kier alpha value is -1.06. The van der Waals surface area contributed by atoms with Gasteiger partial charge in [-0.15, -0.1) is 0 Å². The highest BCUT2D eigenvalue weighted by Gasteiger charge is 2.23. The highest BCUT2D eigenvalue weighted by molar-refractivity contribution is 5.29. The van der Waals surface area contributed by atoms with Gasteiger partial charge in [-0.25, -0.2) is 0 Å². The molecule has 0 saturated heterocycles. The second-order valence-corrected chi connectivity index (χ2v) is 5.87. The highest BCUT2D eigenvalue weighted by atomic mass is 16.5. The lowest BCUT2D eigenvalue weighted by Gasteiger charge is -2.36. The van der Waals surface area contributed by atoms with Crippen molar-refractivity contribution >= 4 is 0 Å². The first-order valence-corrected chi connectivity index (χ1v) is 7.28. The molecule has 1 unspecified atom stereocenters. The van der Waals surface area contributed by atoms with E-state index >= 15 is 0 Å². The molecular weight excluding hydrogens is 236 g/mol. The first-order valence-electron chi connectivity index (χ1n) is 7.28. The van der Waals surface area contributed by atoms with Crippen LogP contribution in [0.2, 0.25) is 0 Å². The topological polar surface area (TPSA) is 38.5 Å². The molecule has 0 bridgehead atoms. The van der Waals surface area contributed by atoms with Crippen molar-refractivity contribution in [2.75, 3.05) is 13.6 Å². The average molecular weight is 262 g/mol. The molecule has 2 N–H and O–H groups in total. The van der Waals surface area contributed by atoms with Gasteiger partial charge in [0.05, 0.1) is 6.10 Å². The molecule has 3 nitrogen and oxygen atoms in total. The van der Waals surface area contributed by atoms with Crippen molar-refractivity contribution in [2.24, 2.45) is 5.73 Å². The first-order chi connectivity index (χ1) is 9.06. The zero-order valence-electron chi connectivity index (χ0n) is 12.3. The quantitative estimate of drug-likeness (QED) is 0.856. The molecule has 0 heterocycles. The summed E-state index contributed by atoms with van der Waals surface area (Å²) < 4.78 is 5.64. The maximum Gasteiger partial charge on any atom is 0.119 e. The van der Waals surface area contributed by atoms with Crippen molar-refractivity contribution in [3.63, 3.8) is 0 Å². The van der Waals surface area contributed by atoms with Crippen molar-refractivity contribution in [1.29, 1.82) is 0 Å². The third-order valence-electron chi connectivity index (χ3n) is 3.86. The van der Waals surface area contributed by atoms with E-state index < -0.39 is 0 Å². The van der Waals surface area contributed by atoms with Gasteiger partial charge in [0.1, 0.15) is 5.75 Å². The fourth-order valence-electron chi connectivity index (χ4n) is 2.46. The van der Waals surface area contributed by atoms with Crippen LogP contribution in [0.1, 0.15) is 44.7 Å². The van der Waals surface area contributed by atoms with E-state index in [1.54, 1.807) is 0 Å². The molecule has 106 valence electrons. The van der Waals surface area contributed by atoms with E-state index in [1.807, 2.05) is 26.0 Å². The number of nitrogens with two attached hydrogens (primary N) is 1. The van der Waals surface area contributed by atoms with Crippen LogP contribution < -0.4 is 10.5 Å². The Balaban J connectivity index is 1.89. The van der Waals surface area contributed by atoms with Crippen LogP contribution in [0.25, 0.3) is 0 Å². The van der Waals surface area contributed by atoms with E-state index in [2.05, 4.69) is 24.1 Å². The lowest BCUT2D eigenvalue weighted by Crippen LogP contribution is -2.41. The van der Waals surface area contributed by atoms with Crippen LogP contribution >= 0.6 is 0 Å². The van der Waals surface area contributed by atoms with Gasteiger partial charge < -0.3 is 15.4 Å². The van der Waals surface area contributed by atoms with Gasteiger partial charge in [-0.3, -0.25) is 0 Å². The van der Waals surface area contributed by atoms with Crippen LogP contribution in [-0.4, -0.2) is 30.6 Å². The van der Waals surface area contributed by atoms with Gasteiger partial charge in [-0.05, 0) is 51.4 Å². The number of likely N-dealkylation sites (N-methyl/N-ethyl adjacent to an activating group) is 1. The van der Waals surface area contributed by atoms with Crippen LogP contribution in [-0.2, 0) is 0 Å². The molecule has 1 saturated carbocycles. The number of rotatable bonds is 6. The minimum atomic E-state index is 0.0821. The maximum absolute atomic E-state index is 6.28. The first kappa shape index (κ1) is 14.4. The number of hydrogen-bond donors (Lipinski definition) is 1. The molecule has 1 aliphatic carbocycles. The van der Waals surface area contributed by atoms with E-state index in [-0.39, 0.29) is 12.1 Å². The van der Waals surface area contributed by atoms with E-state index in [9.17, 15) is 0 Å². The molecule has 0 amide bonds. The van der Waals surface area contributed by atoms with E-state index in [0.29, 0.717) is 0 Å². The monoisotopic (exact) mass is 262 g/mol. The summed E-state index contributed by atoms with van der Waals surface area (Å²) in [7, 11) is 2.18. The zero-order valence-corrected chi connectivity index (χ0v) is 12.3. The molecular formula is C16H26N2O. The molecule has 0 spiro atoms. The fraction of sp³-hybridized carbons (Fsp3) is 0.625. The molecule has 1 aliphatic rings. The van der Waals surface area contributed by atoms with Crippen molar-refractivity contribution < 1.29 is 4.74 Å². The van der Waals surface area contributed by atoms with E-state index in [0.717, 1.165) is 18.3 Å². The Labute approximate surface area is 116 Å². The van der Waals surface area contributed by atoms with Gasteiger partial charge >= 0.3 is 0 Å². The van der Waals surface area contributed by atoms with Gasteiger partial charge in [-0.1, -0.05) is 18.6 Å². The summed E-state index contributed by atoms with van der Waals surface area (Å²) in [5.74, 6) is 0.915. The van der Waals surface area contributed by atoms with Gasteiger partial charge in [-0.2, -0.15) is 0 Å². The van der Waals surface area contributed by atoms with Crippen LogP contribution in [0.3, 0.4) is 0 Å². The standard InChI is InChI=1S/C16H26N2O/c1-12(2)19-15-9-7-13(8-10-15)16(17)11-18(3)14-5-4-6-14/h7-10,12,14,16H,4-6,11,17H2,1-3H3. The second kappa shape index (κ2) is 6.40. The van der Waals surface area contributed by atoms with Crippen molar-refractivity contribution in [3.8, 4) is 5.75 Å². The fourth-order valence-corrected chi connectivity index (χ4v) is 2.46. The Bertz CT molecular complexity index is 384. The van der Waals surface area contributed by atoms with Gasteiger partial charge in [0.15, 0.2) is 0 Å². The SMILES string of the molecule is CC(C)Oc1ccc(C(N)CN(C)C2CCC2)cc1. The Morgan fingerprint density at radius 3 is 2.37 bits per heavy atom. The lowest BCUT2D eigenvalue weighted by atomic mass is 9.91. The number of ether oxygens (including phenoxy) is 1. The summed E-state index contributed by atoms with van der Waals surface area (Å²) in [5.41, 5.74) is 7.46. The predicted molar refractivity (Wildman–Crippen MR) is 79.4 cm³/mol. The third-order valence-corrected chi connectivity index (χ3v) is 3.86. The summed E-state index contributed by atoms with van der Waals surface area (Å²) in [6.45, 7) is 5.00. The van der Waals surface area contributed by atoms with Gasteiger partial charge in [0, 0.05) is 18.6 Å². The predicted octanol–water partition coefficient (Wildman–Crippen LogP) is 2.96. The Morgan fingerprint density at radius 2 is 1.89 bits per heavy atom. The maximum atomic E-state index is 6.28. The third kappa shape index (κ3) is 3.95. The number of hydrogen-bond acceptors (Lipinski definition) is 3. The van der Waals surface area contributed by atoms with Crippen LogP contribution in [0.4, 0.5) is 0 Å². The Morgan fingerprint density at radius 1 is 1.26 bits per heavy atom. The smallest absolute Gasteiger partial charge is 0.119 e. The lowest BCUT2D eigenvalue weighted by molar-refractivity contribution is 0.152. The summed E-state index contributed by atoms with van der Waals surface area (Å²) in [6, 6.07) is 9.01.